The topological polar surface area (TPSA) is 68.1 Å². The molecule has 5 nitrogen and oxygen atoms in total. The van der Waals surface area contributed by atoms with Crippen LogP contribution in [0.5, 0.6) is 11.5 Å². The third kappa shape index (κ3) is 4.95. The van der Waals surface area contributed by atoms with Gasteiger partial charge < -0.3 is 14.6 Å². The molecular formula is C22H17F2NO4. The van der Waals surface area contributed by atoms with Crippen molar-refractivity contribution in [2.75, 3.05) is 7.11 Å². The molecule has 0 fully saturated rings. The number of carbonyl (C=O) groups is 1. The number of hydrogen-bond donors (Lipinski definition) is 1. The number of carboxylic acid groups (broad SMARTS) is 1. The molecule has 0 aliphatic heterocycles. The molecule has 3 aromatic rings. The first-order valence-electron chi connectivity index (χ1n) is 8.59. The van der Waals surface area contributed by atoms with E-state index in [4.69, 9.17) is 14.6 Å². The number of nitrogens with zero attached hydrogens (tertiary/aromatic N) is 1. The Hall–Kier alpha value is -3.74. The van der Waals surface area contributed by atoms with Crippen LogP contribution >= 0.6 is 0 Å². The molecule has 1 N–H and O–H groups in total. The molecule has 0 saturated heterocycles. The minimum atomic E-state index is -1.01. The van der Waals surface area contributed by atoms with Crippen molar-refractivity contribution >= 4 is 17.9 Å². The van der Waals surface area contributed by atoms with Gasteiger partial charge in [0.15, 0.2) is 17.3 Å². The van der Waals surface area contributed by atoms with Gasteiger partial charge in [-0.25, -0.2) is 13.6 Å². The van der Waals surface area contributed by atoms with Gasteiger partial charge in [-0.05, 0) is 42.0 Å². The number of rotatable bonds is 7. The quantitative estimate of drug-likeness (QED) is 0.570. The van der Waals surface area contributed by atoms with Crippen LogP contribution in [-0.4, -0.2) is 24.4 Å². The van der Waals surface area contributed by atoms with Crippen LogP contribution in [0.2, 0.25) is 0 Å². The smallest absolute Gasteiger partial charge is 0.335 e. The zero-order valence-electron chi connectivity index (χ0n) is 15.4. The van der Waals surface area contributed by atoms with Gasteiger partial charge in [0, 0.05) is 17.8 Å². The molecule has 0 unspecified atom stereocenters. The van der Waals surface area contributed by atoms with Gasteiger partial charge in [-0.3, -0.25) is 4.99 Å². The fraction of sp³-hybridized carbons (Fsp3) is 0.0909. The van der Waals surface area contributed by atoms with Gasteiger partial charge in [-0.1, -0.05) is 18.2 Å². The number of methoxy groups -OCH3 is 1. The van der Waals surface area contributed by atoms with E-state index in [0.29, 0.717) is 17.1 Å². The zero-order chi connectivity index (χ0) is 20.8. The van der Waals surface area contributed by atoms with Gasteiger partial charge in [0.05, 0.1) is 18.4 Å². The highest BCUT2D eigenvalue weighted by Gasteiger charge is 2.11. The molecule has 0 spiro atoms. The Labute approximate surface area is 165 Å². The van der Waals surface area contributed by atoms with Crippen molar-refractivity contribution in [1.82, 2.24) is 0 Å². The Morgan fingerprint density at radius 1 is 1.10 bits per heavy atom. The lowest BCUT2D eigenvalue weighted by atomic mass is 10.1. The summed E-state index contributed by atoms with van der Waals surface area (Å²) in [6.07, 6.45) is 1.40. The summed E-state index contributed by atoms with van der Waals surface area (Å²) in [5.41, 5.74) is 1.47. The minimum absolute atomic E-state index is 0.00979. The zero-order valence-corrected chi connectivity index (χ0v) is 15.4. The monoisotopic (exact) mass is 397 g/mol. The third-order valence-electron chi connectivity index (χ3n) is 4.07. The second-order valence-corrected chi connectivity index (χ2v) is 6.02. The number of carboxylic acids is 1. The fourth-order valence-electron chi connectivity index (χ4n) is 2.57. The molecular weight excluding hydrogens is 380 g/mol. The highest BCUT2D eigenvalue weighted by molar-refractivity contribution is 5.88. The van der Waals surface area contributed by atoms with Gasteiger partial charge in [-0.2, -0.15) is 0 Å². The normalized spacial score (nSPS) is 10.9. The number of halogens is 2. The largest absolute Gasteiger partial charge is 0.493 e. The van der Waals surface area contributed by atoms with E-state index in [1.54, 1.807) is 30.3 Å². The summed E-state index contributed by atoms with van der Waals surface area (Å²) in [6.45, 7) is 0.159. The lowest BCUT2D eigenvalue weighted by molar-refractivity contribution is 0.0697. The van der Waals surface area contributed by atoms with Gasteiger partial charge >= 0.3 is 5.97 Å². The summed E-state index contributed by atoms with van der Waals surface area (Å²) >= 11 is 0. The second kappa shape index (κ2) is 8.97. The Morgan fingerprint density at radius 3 is 2.52 bits per heavy atom. The first-order valence-corrected chi connectivity index (χ1v) is 8.59. The van der Waals surface area contributed by atoms with Crippen molar-refractivity contribution in [1.29, 1.82) is 0 Å². The van der Waals surface area contributed by atoms with Crippen LogP contribution < -0.4 is 9.47 Å². The fourth-order valence-corrected chi connectivity index (χ4v) is 2.57. The minimum Gasteiger partial charge on any atom is -0.493 e. The molecule has 0 saturated carbocycles. The Kier molecular flexibility index (Phi) is 6.19. The van der Waals surface area contributed by atoms with Crippen LogP contribution in [0.1, 0.15) is 21.5 Å². The molecule has 148 valence electrons. The van der Waals surface area contributed by atoms with E-state index in [9.17, 15) is 13.6 Å². The molecule has 0 aliphatic carbocycles. The number of ether oxygens (including phenoxy) is 2. The van der Waals surface area contributed by atoms with E-state index >= 15 is 0 Å². The van der Waals surface area contributed by atoms with Crippen molar-refractivity contribution in [3.05, 3.63) is 89.0 Å². The summed E-state index contributed by atoms with van der Waals surface area (Å²) in [6, 6.07) is 14.6. The summed E-state index contributed by atoms with van der Waals surface area (Å²) in [5.74, 6) is -1.61. The second-order valence-electron chi connectivity index (χ2n) is 6.02. The van der Waals surface area contributed by atoms with Crippen molar-refractivity contribution in [3.8, 4) is 11.5 Å². The molecule has 7 heteroatoms. The molecule has 0 amide bonds. The number of benzene rings is 3. The third-order valence-corrected chi connectivity index (χ3v) is 4.07. The van der Waals surface area contributed by atoms with Crippen LogP contribution in [-0.2, 0) is 6.61 Å². The van der Waals surface area contributed by atoms with E-state index in [2.05, 4.69) is 4.99 Å². The average Bonchev–Trinajstić information content (AvgIpc) is 2.72. The molecule has 3 aromatic carbocycles. The van der Waals surface area contributed by atoms with Crippen LogP contribution in [0.25, 0.3) is 0 Å². The van der Waals surface area contributed by atoms with E-state index in [0.717, 1.165) is 17.7 Å². The summed E-state index contributed by atoms with van der Waals surface area (Å²) < 4.78 is 38.0. The molecule has 0 aromatic heterocycles. The summed E-state index contributed by atoms with van der Waals surface area (Å²) in [5, 5.41) is 8.97. The first kappa shape index (κ1) is 20.0. The molecule has 0 radical (unpaired) electrons. The van der Waals surface area contributed by atoms with Crippen LogP contribution in [0, 0.1) is 11.6 Å². The summed E-state index contributed by atoms with van der Waals surface area (Å²) in [7, 11) is 1.49. The Balaban J connectivity index is 1.84. The van der Waals surface area contributed by atoms with E-state index in [1.165, 1.54) is 31.5 Å². The van der Waals surface area contributed by atoms with Crippen molar-refractivity contribution in [2.45, 2.75) is 6.61 Å². The standard InChI is InChI=1S/C22H17F2NO4/c1-28-20-4-2-3-16(12-25-19-10-9-17(23)11-18(19)24)21(20)29-13-14-5-7-15(8-6-14)22(26)27/h2-12H,13H2,1H3,(H,26,27). The molecule has 0 heterocycles. The van der Waals surface area contributed by atoms with Crippen molar-refractivity contribution < 1.29 is 28.2 Å². The molecule has 3 rings (SSSR count). The first-order chi connectivity index (χ1) is 14.0. The summed E-state index contributed by atoms with van der Waals surface area (Å²) in [4.78, 5) is 15.0. The maximum atomic E-state index is 13.8. The Bertz CT molecular complexity index is 1050. The number of aliphatic imine (C=N–C) groups is 1. The number of para-hydroxylation sites is 1. The van der Waals surface area contributed by atoms with E-state index in [-0.39, 0.29) is 17.9 Å². The number of aromatic carboxylic acids is 1. The highest BCUT2D eigenvalue weighted by Crippen LogP contribution is 2.31. The molecule has 0 bridgehead atoms. The van der Waals surface area contributed by atoms with Gasteiger partial charge in [0.1, 0.15) is 12.4 Å². The lowest BCUT2D eigenvalue weighted by Gasteiger charge is -2.13. The highest BCUT2D eigenvalue weighted by atomic mass is 19.1. The van der Waals surface area contributed by atoms with E-state index < -0.39 is 17.6 Å². The van der Waals surface area contributed by atoms with Crippen LogP contribution in [0.15, 0.2) is 65.7 Å². The SMILES string of the molecule is COc1cccc(C=Nc2ccc(F)cc2F)c1OCc1ccc(C(=O)O)cc1. The molecule has 0 atom stereocenters. The average molecular weight is 397 g/mol. The van der Waals surface area contributed by atoms with E-state index in [1.807, 2.05) is 0 Å². The van der Waals surface area contributed by atoms with Crippen LogP contribution in [0.4, 0.5) is 14.5 Å². The van der Waals surface area contributed by atoms with Gasteiger partial charge in [0.2, 0.25) is 0 Å². The number of hydrogen-bond acceptors (Lipinski definition) is 4. The van der Waals surface area contributed by atoms with Crippen molar-refractivity contribution in [3.63, 3.8) is 0 Å². The molecule has 0 aliphatic rings. The predicted octanol–water partition coefficient (Wildman–Crippen LogP) is 5.00. The molecule has 29 heavy (non-hydrogen) atoms. The maximum Gasteiger partial charge on any atom is 0.335 e. The van der Waals surface area contributed by atoms with Crippen molar-refractivity contribution in [2.24, 2.45) is 4.99 Å². The Morgan fingerprint density at radius 2 is 1.86 bits per heavy atom. The maximum absolute atomic E-state index is 13.8. The van der Waals surface area contributed by atoms with Gasteiger partial charge in [-0.15, -0.1) is 0 Å². The van der Waals surface area contributed by atoms with Gasteiger partial charge in [0.25, 0.3) is 0 Å². The predicted molar refractivity (Wildman–Crippen MR) is 104 cm³/mol. The van der Waals surface area contributed by atoms with Crippen LogP contribution in [0.3, 0.4) is 0 Å². The lowest BCUT2D eigenvalue weighted by Crippen LogP contribution is -2.02.